The van der Waals surface area contributed by atoms with Crippen LogP contribution in [0.2, 0.25) is 0 Å². The Morgan fingerprint density at radius 1 is 1.12 bits per heavy atom. The molecular weight excluding hydrogens is 446 g/mol. The number of carbonyl (C=O) groups excluding carboxylic acids is 3. The molecule has 180 valence electrons. The Kier molecular flexibility index (Phi) is 7.09. The number of ether oxygens (including phenoxy) is 2. The number of benzene rings is 2. The number of hydrogen-bond donors (Lipinski definition) is 1. The van der Waals surface area contributed by atoms with Gasteiger partial charge < -0.3 is 14.8 Å². The van der Waals surface area contributed by atoms with Crippen molar-refractivity contribution in [3.63, 3.8) is 0 Å². The third kappa shape index (κ3) is 5.18. The summed E-state index contributed by atoms with van der Waals surface area (Å²) in [6, 6.07) is 6.86. The molecule has 1 fully saturated rings. The minimum Gasteiger partial charge on any atom is -0.485 e. The van der Waals surface area contributed by atoms with Crippen LogP contribution in [0.5, 0.6) is 11.5 Å². The Labute approximate surface area is 196 Å². The highest BCUT2D eigenvalue weighted by Crippen LogP contribution is 2.35. The average Bonchev–Trinajstić information content (AvgIpc) is 2.84. The zero-order valence-electron chi connectivity index (χ0n) is 18.8. The molecule has 34 heavy (non-hydrogen) atoms. The molecule has 2 aromatic carbocycles. The summed E-state index contributed by atoms with van der Waals surface area (Å²) in [5.41, 5.74) is 0.547. The lowest BCUT2D eigenvalue weighted by atomic mass is 9.95. The Bertz CT molecular complexity index is 1100. The zero-order chi connectivity index (χ0) is 24.2. The number of nitrogens with one attached hydrogen (secondary N) is 1. The van der Waals surface area contributed by atoms with Crippen LogP contribution in [-0.2, 0) is 9.59 Å². The second-order valence-electron chi connectivity index (χ2n) is 8.54. The van der Waals surface area contributed by atoms with Gasteiger partial charge in [0.25, 0.3) is 5.91 Å². The van der Waals surface area contributed by atoms with Gasteiger partial charge in [-0.1, -0.05) is 19.3 Å². The lowest BCUT2D eigenvalue weighted by Crippen LogP contribution is -2.53. The van der Waals surface area contributed by atoms with E-state index in [0.29, 0.717) is 11.4 Å². The monoisotopic (exact) mass is 472 g/mol. The van der Waals surface area contributed by atoms with Gasteiger partial charge in [-0.05, 0) is 50.1 Å². The van der Waals surface area contributed by atoms with E-state index < -0.39 is 30.1 Å². The molecule has 1 atom stereocenters. The van der Waals surface area contributed by atoms with Gasteiger partial charge in [0.15, 0.2) is 30.6 Å². The maximum atomic E-state index is 13.4. The number of carbonyl (C=O) groups is 3. The zero-order valence-corrected chi connectivity index (χ0v) is 18.8. The highest BCUT2D eigenvalue weighted by atomic mass is 19.2. The molecule has 9 heteroatoms. The first kappa shape index (κ1) is 23.7. The third-order valence-corrected chi connectivity index (χ3v) is 6.14. The lowest BCUT2D eigenvalue weighted by molar-refractivity contribution is -0.128. The quantitative estimate of drug-likeness (QED) is 0.620. The molecule has 1 aliphatic carbocycles. The Balaban J connectivity index is 1.49. The van der Waals surface area contributed by atoms with Gasteiger partial charge in [-0.15, -0.1) is 0 Å². The first-order chi connectivity index (χ1) is 16.3. The molecule has 0 saturated heterocycles. The number of fused-ring (bicyclic) bond motifs is 1. The van der Waals surface area contributed by atoms with Crippen molar-refractivity contribution in [3.05, 3.63) is 53.6 Å². The molecule has 2 amide bonds. The molecule has 7 nitrogen and oxygen atoms in total. The van der Waals surface area contributed by atoms with Gasteiger partial charge >= 0.3 is 0 Å². The summed E-state index contributed by atoms with van der Waals surface area (Å²) >= 11 is 0. The molecule has 1 heterocycles. The summed E-state index contributed by atoms with van der Waals surface area (Å²) in [5.74, 6) is -2.78. The van der Waals surface area contributed by atoms with E-state index in [9.17, 15) is 23.2 Å². The first-order valence-corrected chi connectivity index (χ1v) is 11.3. The SMILES string of the molecule is C[C@@H](C(=O)NC1CCCCC1)N1C(=O)COc2ccc(C(=O)COc3ccc(F)c(F)c3)cc21. The number of hydrogen-bond acceptors (Lipinski definition) is 5. The molecule has 0 unspecified atom stereocenters. The number of Topliss-reactive ketones (excluding diaryl/α,β-unsaturated/α-hetero) is 1. The normalized spacial score (nSPS) is 16.9. The van der Waals surface area contributed by atoms with E-state index in [4.69, 9.17) is 9.47 Å². The van der Waals surface area contributed by atoms with Crippen LogP contribution in [0, 0.1) is 11.6 Å². The highest BCUT2D eigenvalue weighted by Gasteiger charge is 2.34. The van der Waals surface area contributed by atoms with Crippen LogP contribution in [0.25, 0.3) is 0 Å². The van der Waals surface area contributed by atoms with Crippen molar-refractivity contribution in [2.75, 3.05) is 18.1 Å². The number of nitrogens with zero attached hydrogens (tertiary/aromatic N) is 1. The van der Waals surface area contributed by atoms with Crippen LogP contribution in [0.4, 0.5) is 14.5 Å². The van der Waals surface area contributed by atoms with Gasteiger partial charge in [0.05, 0.1) is 5.69 Å². The molecule has 1 aliphatic heterocycles. The van der Waals surface area contributed by atoms with E-state index in [2.05, 4.69) is 5.32 Å². The van der Waals surface area contributed by atoms with Crippen molar-refractivity contribution >= 4 is 23.3 Å². The first-order valence-electron chi connectivity index (χ1n) is 11.3. The number of rotatable bonds is 7. The maximum Gasteiger partial charge on any atom is 0.265 e. The molecule has 0 spiro atoms. The van der Waals surface area contributed by atoms with Gasteiger partial charge in [-0.3, -0.25) is 19.3 Å². The van der Waals surface area contributed by atoms with Gasteiger partial charge in [-0.2, -0.15) is 0 Å². The van der Waals surface area contributed by atoms with Gasteiger partial charge in [0, 0.05) is 17.7 Å². The van der Waals surface area contributed by atoms with Crippen LogP contribution in [0.3, 0.4) is 0 Å². The maximum absolute atomic E-state index is 13.4. The van der Waals surface area contributed by atoms with Crippen LogP contribution in [-0.4, -0.2) is 42.9 Å². The van der Waals surface area contributed by atoms with E-state index in [0.717, 1.165) is 44.2 Å². The summed E-state index contributed by atoms with van der Waals surface area (Å²) in [5, 5.41) is 3.03. The van der Waals surface area contributed by atoms with Crippen LogP contribution in [0.1, 0.15) is 49.4 Å². The van der Waals surface area contributed by atoms with Gasteiger partial charge in [0.2, 0.25) is 5.91 Å². The van der Waals surface area contributed by atoms with E-state index >= 15 is 0 Å². The van der Waals surface area contributed by atoms with Crippen molar-refractivity contribution in [2.45, 2.75) is 51.1 Å². The van der Waals surface area contributed by atoms with Crippen molar-refractivity contribution in [3.8, 4) is 11.5 Å². The standard InChI is InChI=1S/C25H26F2N2O5/c1-15(25(32)28-17-5-3-2-4-6-17)29-21-11-16(7-10-23(21)34-14-24(29)31)22(30)13-33-18-8-9-19(26)20(27)12-18/h7-12,15,17H,2-6,13-14H2,1H3,(H,28,32)/t15-/m0/s1. The molecule has 1 saturated carbocycles. The molecule has 1 N–H and O–H groups in total. The minimum atomic E-state index is -1.08. The molecule has 2 aromatic rings. The number of anilines is 1. The summed E-state index contributed by atoms with van der Waals surface area (Å²) < 4.78 is 37.2. The topological polar surface area (TPSA) is 84.9 Å². The number of amides is 2. The van der Waals surface area contributed by atoms with Crippen molar-refractivity contribution in [1.29, 1.82) is 0 Å². The highest BCUT2D eigenvalue weighted by molar-refractivity contribution is 6.05. The number of ketones is 1. The van der Waals surface area contributed by atoms with Gasteiger partial charge in [-0.25, -0.2) is 8.78 Å². The van der Waals surface area contributed by atoms with Crippen molar-refractivity contribution in [2.24, 2.45) is 0 Å². The Hall–Kier alpha value is -3.49. The average molecular weight is 472 g/mol. The second-order valence-corrected chi connectivity index (χ2v) is 8.54. The van der Waals surface area contributed by atoms with Gasteiger partial charge in [0.1, 0.15) is 17.5 Å². The van der Waals surface area contributed by atoms with Crippen LogP contribution in [0.15, 0.2) is 36.4 Å². The Morgan fingerprint density at radius 3 is 2.62 bits per heavy atom. The van der Waals surface area contributed by atoms with Crippen LogP contribution >= 0.6 is 0 Å². The molecule has 4 rings (SSSR count). The van der Waals surface area contributed by atoms with Crippen molar-refractivity contribution < 1.29 is 32.6 Å². The predicted octanol–water partition coefficient (Wildman–Crippen LogP) is 3.79. The fourth-order valence-corrected chi connectivity index (χ4v) is 4.25. The summed E-state index contributed by atoms with van der Waals surface area (Å²) in [6.45, 7) is 1.02. The smallest absolute Gasteiger partial charge is 0.265 e. The van der Waals surface area contributed by atoms with E-state index in [1.54, 1.807) is 13.0 Å². The molecule has 0 aromatic heterocycles. The minimum absolute atomic E-state index is 0.0124. The molecule has 2 aliphatic rings. The predicted molar refractivity (Wildman–Crippen MR) is 120 cm³/mol. The van der Waals surface area contributed by atoms with E-state index in [1.807, 2.05) is 0 Å². The molecule has 0 bridgehead atoms. The second kappa shape index (κ2) is 10.2. The fraction of sp³-hybridized carbons (Fsp3) is 0.400. The van der Waals surface area contributed by atoms with E-state index in [1.165, 1.54) is 23.1 Å². The summed E-state index contributed by atoms with van der Waals surface area (Å²) in [4.78, 5) is 39.6. The molecular formula is C25H26F2N2O5. The lowest BCUT2D eigenvalue weighted by Gasteiger charge is -2.34. The fourth-order valence-electron chi connectivity index (χ4n) is 4.25. The molecule has 0 radical (unpaired) electrons. The van der Waals surface area contributed by atoms with Crippen LogP contribution < -0.4 is 19.7 Å². The largest absolute Gasteiger partial charge is 0.485 e. The summed E-state index contributed by atoms with van der Waals surface area (Å²) in [7, 11) is 0. The number of halogens is 2. The third-order valence-electron chi connectivity index (χ3n) is 6.14. The van der Waals surface area contributed by atoms with Crippen molar-refractivity contribution in [1.82, 2.24) is 5.32 Å². The summed E-state index contributed by atoms with van der Waals surface area (Å²) in [6.07, 6.45) is 5.13. The Morgan fingerprint density at radius 2 is 1.88 bits per heavy atom. The van der Waals surface area contributed by atoms with E-state index in [-0.39, 0.29) is 35.8 Å².